The number of benzene rings is 1. The number of anilines is 1. The average Bonchev–Trinajstić information content (AvgIpc) is 3.16. The number of rotatable bonds is 3. The molecule has 122 valence electrons. The summed E-state index contributed by atoms with van der Waals surface area (Å²) in [5.74, 6) is 0. The van der Waals surface area contributed by atoms with Crippen molar-refractivity contribution in [2.24, 2.45) is 0 Å². The Hall–Kier alpha value is -2.67. The lowest BCUT2D eigenvalue weighted by molar-refractivity contribution is 0.487. The Bertz CT molecular complexity index is 940. The lowest BCUT2D eigenvalue weighted by Crippen LogP contribution is -2.40. The highest BCUT2D eigenvalue weighted by molar-refractivity contribution is 7.92. The fourth-order valence-corrected chi connectivity index (χ4v) is 4.58. The van der Waals surface area contributed by atoms with E-state index in [-0.39, 0.29) is 10.9 Å². The van der Waals surface area contributed by atoms with Crippen molar-refractivity contribution in [1.29, 1.82) is 0 Å². The zero-order chi connectivity index (χ0) is 16.6. The number of aromatic nitrogens is 3. The van der Waals surface area contributed by atoms with Crippen LogP contribution in [0.25, 0.3) is 0 Å². The molecule has 3 heterocycles. The summed E-state index contributed by atoms with van der Waals surface area (Å²) in [5, 5.41) is 0. The smallest absolute Gasteiger partial charge is 0.265 e. The molecule has 0 fully saturated rings. The van der Waals surface area contributed by atoms with E-state index in [1.54, 1.807) is 30.9 Å². The highest BCUT2D eigenvalue weighted by Crippen LogP contribution is 2.35. The predicted octanol–water partition coefficient (Wildman–Crippen LogP) is 2.27. The molecule has 2 aromatic heterocycles. The fourth-order valence-electron chi connectivity index (χ4n) is 3.07. The second-order valence-corrected chi connectivity index (χ2v) is 7.58. The van der Waals surface area contributed by atoms with Gasteiger partial charge < -0.3 is 4.57 Å². The van der Waals surface area contributed by atoms with Gasteiger partial charge in [0.1, 0.15) is 4.90 Å². The third-order valence-corrected chi connectivity index (χ3v) is 6.02. The van der Waals surface area contributed by atoms with Crippen LogP contribution in [-0.4, -0.2) is 29.5 Å². The molecule has 0 spiro atoms. The number of pyridine rings is 1. The number of fused-ring (bicyclic) bond motifs is 1. The first-order valence-electron chi connectivity index (χ1n) is 7.64. The summed E-state index contributed by atoms with van der Waals surface area (Å²) in [5.41, 5.74) is 1.74. The molecule has 0 amide bonds. The van der Waals surface area contributed by atoms with E-state index in [0.717, 1.165) is 17.7 Å². The van der Waals surface area contributed by atoms with Crippen LogP contribution in [0.4, 0.5) is 5.69 Å². The molecule has 4 rings (SSSR count). The van der Waals surface area contributed by atoms with Gasteiger partial charge in [0.05, 0.1) is 24.6 Å². The summed E-state index contributed by atoms with van der Waals surface area (Å²) in [6.07, 6.45) is 9.03. The molecule has 1 unspecified atom stereocenters. The molecule has 0 saturated heterocycles. The predicted molar refractivity (Wildman–Crippen MR) is 90.2 cm³/mol. The van der Waals surface area contributed by atoms with E-state index in [4.69, 9.17) is 0 Å². The van der Waals surface area contributed by atoms with E-state index in [1.807, 2.05) is 35.0 Å². The maximum Gasteiger partial charge on any atom is 0.265 e. The van der Waals surface area contributed by atoms with Gasteiger partial charge in [0.15, 0.2) is 0 Å². The molecule has 1 atom stereocenters. The van der Waals surface area contributed by atoms with Gasteiger partial charge >= 0.3 is 0 Å². The summed E-state index contributed by atoms with van der Waals surface area (Å²) in [4.78, 5) is 8.23. The van der Waals surface area contributed by atoms with Gasteiger partial charge in [-0.3, -0.25) is 9.29 Å². The Balaban J connectivity index is 1.81. The highest BCUT2D eigenvalue weighted by Gasteiger charge is 2.33. The van der Waals surface area contributed by atoms with Crippen molar-refractivity contribution in [2.45, 2.75) is 17.4 Å². The Kier molecular flexibility index (Phi) is 3.57. The van der Waals surface area contributed by atoms with Gasteiger partial charge in [0.25, 0.3) is 10.0 Å². The number of hydrogen-bond donors (Lipinski definition) is 0. The Morgan fingerprint density at radius 2 is 1.92 bits per heavy atom. The molecule has 1 aliphatic heterocycles. The Labute approximate surface area is 140 Å². The van der Waals surface area contributed by atoms with Crippen LogP contribution in [0.3, 0.4) is 0 Å². The molecule has 0 radical (unpaired) electrons. The minimum Gasteiger partial charge on any atom is -0.332 e. The van der Waals surface area contributed by atoms with Gasteiger partial charge in [-0.1, -0.05) is 18.2 Å². The first kappa shape index (κ1) is 14.9. The monoisotopic (exact) mass is 340 g/mol. The minimum absolute atomic E-state index is 0.00819. The van der Waals surface area contributed by atoms with Crippen molar-refractivity contribution >= 4 is 15.7 Å². The average molecular weight is 340 g/mol. The van der Waals surface area contributed by atoms with Crippen LogP contribution in [0.5, 0.6) is 0 Å². The molecule has 3 aromatic rings. The van der Waals surface area contributed by atoms with E-state index >= 15 is 0 Å². The number of para-hydroxylation sites is 1. The van der Waals surface area contributed by atoms with Gasteiger partial charge in [-0.05, 0) is 30.2 Å². The van der Waals surface area contributed by atoms with Crippen molar-refractivity contribution in [3.63, 3.8) is 0 Å². The molecular weight excluding hydrogens is 324 g/mol. The third-order valence-electron chi connectivity index (χ3n) is 4.26. The first-order valence-corrected chi connectivity index (χ1v) is 9.08. The van der Waals surface area contributed by atoms with E-state index in [1.165, 1.54) is 10.5 Å². The molecule has 24 heavy (non-hydrogen) atoms. The normalized spacial score (nSPS) is 17.5. The lowest BCUT2D eigenvalue weighted by Gasteiger charge is -2.35. The van der Waals surface area contributed by atoms with Crippen molar-refractivity contribution in [3.8, 4) is 0 Å². The van der Waals surface area contributed by atoms with Crippen LogP contribution in [-0.2, 0) is 16.4 Å². The fraction of sp³-hybridized carbons (Fsp3) is 0.176. The quantitative estimate of drug-likeness (QED) is 0.733. The van der Waals surface area contributed by atoms with E-state index in [2.05, 4.69) is 9.97 Å². The van der Waals surface area contributed by atoms with Crippen LogP contribution >= 0.6 is 0 Å². The molecule has 1 aromatic carbocycles. The molecule has 1 aliphatic rings. The molecule has 7 heteroatoms. The summed E-state index contributed by atoms with van der Waals surface area (Å²) in [6, 6.07) is 10.8. The van der Waals surface area contributed by atoms with Crippen LogP contribution in [0, 0.1) is 0 Å². The summed E-state index contributed by atoms with van der Waals surface area (Å²) in [6.45, 7) is 0.366. The summed E-state index contributed by atoms with van der Waals surface area (Å²) < 4.78 is 29.7. The van der Waals surface area contributed by atoms with Crippen molar-refractivity contribution in [1.82, 2.24) is 14.5 Å². The van der Waals surface area contributed by atoms with Crippen molar-refractivity contribution in [2.75, 3.05) is 10.8 Å². The van der Waals surface area contributed by atoms with E-state index in [9.17, 15) is 8.42 Å². The van der Waals surface area contributed by atoms with E-state index < -0.39 is 10.0 Å². The number of imidazole rings is 1. The van der Waals surface area contributed by atoms with Gasteiger partial charge in [-0.2, -0.15) is 0 Å². The minimum atomic E-state index is -3.66. The van der Waals surface area contributed by atoms with Crippen molar-refractivity contribution in [3.05, 3.63) is 73.1 Å². The molecule has 0 saturated carbocycles. The third kappa shape index (κ3) is 2.46. The molecule has 0 bridgehead atoms. The standard InChI is InChI=1S/C17H16N4O2S/c22-24(23,16-5-3-7-18-11-16)21-12-15(20-9-8-19-13-20)10-14-4-1-2-6-17(14)21/h1-9,11,13,15H,10,12H2. The van der Waals surface area contributed by atoms with Crippen LogP contribution in [0.15, 0.2) is 72.4 Å². The van der Waals surface area contributed by atoms with Gasteiger partial charge in [0.2, 0.25) is 0 Å². The number of sulfonamides is 1. The lowest BCUT2D eigenvalue weighted by atomic mass is 10.00. The second-order valence-electron chi connectivity index (χ2n) is 5.72. The van der Waals surface area contributed by atoms with Crippen LogP contribution in [0.2, 0.25) is 0 Å². The second kappa shape index (κ2) is 5.76. The van der Waals surface area contributed by atoms with Crippen LogP contribution in [0.1, 0.15) is 11.6 Å². The Morgan fingerprint density at radius 1 is 1.04 bits per heavy atom. The van der Waals surface area contributed by atoms with Gasteiger partial charge in [-0.15, -0.1) is 0 Å². The van der Waals surface area contributed by atoms with Gasteiger partial charge in [0, 0.05) is 24.8 Å². The summed E-state index contributed by atoms with van der Waals surface area (Å²) >= 11 is 0. The largest absolute Gasteiger partial charge is 0.332 e. The zero-order valence-corrected chi connectivity index (χ0v) is 13.7. The topological polar surface area (TPSA) is 68.1 Å². The zero-order valence-electron chi connectivity index (χ0n) is 12.9. The van der Waals surface area contributed by atoms with Crippen LogP contribution < -0.4 is 4.31 Å². The number of nitrogens with zero attached hydrogens (tertiary/aromatic N) is 4. The molecule has 0 N–H and O–H groups in total. The molecule has 6 nitrogen and oxygen atoms in total. The molecule has 0 aliphatic carbocycles. The Morgan fingerprint density at radius 3 is 2.67 bits per heavy atom. The first-order chi connectivity index (χ1) is 11.7. The summed E-state index contributed by atoms with van der Waals surface area (Å²) in [7, 11) is -3.66. The maximum atomic E-state index is 13.1. The van der Waals surface area contributed by atoms with Crippen molar-refractivity contribution < 1.29 is 8.42 Å². The van der Waals surface area contributed by atoms with Gasteiger partial charge in [-0.25, -0.2) is 13.4 Å². The molecular formula is C17H16N4O2S. The number of hydrogen-bond acceptors (Lipinski definition) is 4. The SMILES string of the molecule is O=S(=O)(c1cccnc1)N1CC(n2ccnc2)Cc2ccccc21. The highest BCUT2D eigenvalue weighted by atomic mass is 32.2. The van der Waals surface area contributed by atoms with E-state index in [0.29, 0.717) is 6.54 Å². The maximum absolute atomic E-state index is 13.1.